The van der Waals surface area contributed by atoms with Gasteiger partial charge in [-0.15, -0.1) is 0 Å². The van der Waals surface area contributed by atoms with E-state index in [9.17, 15) is 13.2 Å². The molecule has 7 nitrogen and oxygen atoms in total. The van der Waals surface area contributed by atoms with Gasteiger partial charge in [-0.25, -0.2) is 8.42 Å². The van der Waals surface area contributed by atoms with Crippen LogP contribution >= 0.6 is 0 Å². The van der Waals surface area contributed by atoms with Crippen LogP contribution in [0, 0.1) is 0 Å². The molecule has 1 heterocycles. The summed E-state index contributed by atoms with van der Waals surface area (Å²) < 4.78 is 37.9. The van der Waals surface area contributed by atoms with Crippen LogP contribution in [0.4, 0.5) is 0 Å². The van der Waals surface area contributed by atoms with Gasteiger partial charge < -0.3 is 14.8 Å². The fraction of sp³-hybridized carbons (Fsp3) is 0.435. The highest BCUT2D eigenvalue weighted by atomic mass is 32.2. The van der Waals surface area contributed by atoms with E-state index < -0.39 is 10.0 Å². The Kier molecular flexibility index (Phi) is 8.06. The molecule has 0 radical (unpaired) electrons. The highest BCUT2D eigenvalue weighted by Crippen LogP contribution is 2.26. The van der Waals surface area contributed by atoms with Gasteiger partial charge in [0, 0.05) is 26.1 Å². The maximum Gasteiger partial charge on any atom is 0.243 e. The van der Waals surface area contributed by atoms with E-state index in [1.165, 1.54) is 17.0 Å². The second kappa shape index (κ2) is 10.7. The number of aryl methyl sites for hydroxylation is 1. The number of nitrogens with one attached hydrogen (secondary N) is 1. The molecule has 1 aliphatic heterocycles. The summed E-state index contributed by atoms with van der Waals surface area (Å²) in [5, 5.41) is 2.97. The van der Waals surface area contributed by atoms with E-state index in [1.807, 2.05) is 30.3 Å². The van der Waals surface area contributed by atoms with E-state index in [-0.39, 0.29) is 23.1 Å². The number of hydrogen-bond donors (Lipinski definition) is 1. The fourth-order valence-electron chi connectivity index (χ4n) is 3.55. The number of methoxy groups -OCH3 is 1. The topological polar surface area (TPSA) is 84.9 Å². The summed E-state index contributed by atoms with van der Waals surface area (Å²) >= 11 is 0. The van der Waals surface area contributed by atoms with Crippen molar-refractivity contribution in [2.75, 3.05) is 40.0 Å². The quantitative estimate of drug-likeness (QED) is 0.640. The van der Waals surface area contributed by atoms with Gasteiger partial charge in [-0.2, -0.15) is 4.31 Å². The van der Waals surface area contributed by atoms with Crippen molar-refractivity contribution in [3.63, 3.8) is 0 Å². The second-order valence-corrected chi connectivity index (χ2v) is 9.54. The smallest absolute Gasteiger partial charge is 0.243 e. The number of nitrogens with zero attached hydrogens (tertiary/aromatic N) is 1. The zero-order valence-electron chi connectivity index (χ0n) is 18.0. The van der Waals surface area contributed by atoms with E-state index in [0.717, 1.165) is 0 Å². The number of hydrogen-bond acceptors (Lipinski definition) is 5. The Balaban J connectivity index is 1.62. The SMILES string of the molecule is COc1ccc(S(=O)(=O)N2CCOCC2)cc1CCC(=O)NC[C@H](C)c1ccccc1. The zero-order chi connectivity index (χ0) is 22.3. The van der Waals surface area contributed by atoms with Crippen LogP contribution in [-0.2, 0) is 26.0 Å². The Morgan fingerprint density at radius 3 is 2.55 bits per heavy atom. The summed E-state index contributed by atoms with van der Waals surface area (Å²) in [6, 6.07) is 14.8. The first-order valence-electron chi connectivity index (χ1n) is 10.5. The highest BCUT2D eigenvalue weighted by molar-refractivity contribution is 7.89. The maximum atomic E-state index is 12.9. The molecule has 0 saturated carbocycles. The van der Waals surface area contributed by atoms with Crippen LogP contribution in [0.2, 0.25) is 0 Å². The Hall–Kier alpha value is -2.42. The average Bonchev–Trinajstić information content (AvgIpc) is 2.82. The third-order valence-electron chi connectivity index (χ3n) is 5.46. The van der Waals surface area contributed by atoms with Crippen LogP contribution in [-0.4, -0.2) is 58.6 Å². The van der Waals surface area contributed by atoms with E-state index in [0.29, 0.717) is 50.6 Å². The van der Waals surface area contributed by atoms with Crippen molar-refractivity contribution in [2.24, 2.45) is 0 Å². The number of ether oxygens (including phenoxy) is 2. The molecule has 1 atom stereocenters. The normalized spacial score (nSPS) is 15.9. The van der Waals surface area contributed by atoms with Crippen molar-refractivity contribution in [3.05, 3.63) is 59.7 Å². The number of sulfonamides is 1. The monoisotopic (exact) mass is 446 g/mol. The molecule has 0 unspecified atom stereocenters. The first-order valence-corrected chi connectivity index (χ1v) is 11.9. The number of carbonyl (C=O) groups excluding carboxylic acids is 1. The number of morpholine rings is 1. The summed E-state index contributed by atoms with van der Waals surface area (Å²) in [7, 11) is -2.06. The van der Waals surface area contributed by atoms with Gasteiger partial charge in [-0.1, -0.05) is 37.3 Å². The lowest BCUT2D eigenvalue weighted by Gasteiger charge is -2.26. The van der Waals surface area contributed by atoms with Crippen LogP contribution in [0.5, 0.6) is 5.75 Å². The van der Waals surface area contributed by atoms with Crippen LogP contribution in [0.1, 0.15) is 30.4 Å². The Labute approximate surface area is 184 Å². The van der Waals surface area contributed by atoms with Gasteiger partial charge in [0.05, 0.1) is 25.2 Å². The van der Waals surface area contributed by atoms with Crippen LogP contribution in [0.3, 0.4) is 0 Å². The van der Waals surface area contributed by atoms with Gasteiger partial charge in [0.15, 0.2) is 0 Å². The molecule has 1 saturated heterocycles. The first-order chi connectivity index (χ1) is 14.9. The summed E-state index contributed by atoms with van der Waals surface area (Å²) in [6.45, 7) is 4.08. The first kappa shape index (κ1) is 23.2. The van der Waals surface area contributed by atoms with E-state index in [2.05, 4.69) is 12.2 Å². The van der Waals surface area contributed by atoms with E-state index in [1.54, 1.807) is 18.2 Å². The molecule has 2 aromatic rings. The second-order valence-electron chi connectivity index (χ2n) is 7.61. The van der Waals surface area contributed by atoms with Crippen LogP contribution < -0.4 is 10.1 Å². The summed E-state index contributed by atoms with van der Waals surface area (Å²) in [5.41, 5.74) is 1.87. The third-order valence-corrected chi connectivity index (χ3v) is 7.35. The molecule has 0 aliphatic carbocycles. The molecule has 1 N–H and O–H groups in total. The Bertz CT molecular complexity index is 973. The van der Waals surface area contributed by atoms with Crippen LogP contribution in [0.25, 0.3) is 0 Å². The molecular weight excluding hydrogens is 416 g/mol. The standard InChI is InChI=1S/C23H30N2O5S/c1-18(19-6-4-3-5-7-19)17-24-23(26)11-8-20-16-21(9-10-22(20)29-2)31(27,28)25-12-14-30-15-13-25/h3-7,9-10,16,18H,8,11-15,17H2,1-2H3,(H,24,26)/t18-/m0/s1. The molecule has 31 heavy (non-hydrogen) atoms. The maximum absolute atomic E-state index is 12.9. The van der Waals surface area contributed by atoms with Crippen molar-refractivity contribution in [1.82, 2.24) is 9.62 Å². The minimum absolute atomic E-state index is 0.0775. The lowest BCUT2D eigenvalue weighted by atomic mass is 10.0. The molecule has 1 aliphatic rings. The minimum Gasteiger partial charge on any atom is -0.496 e. The Morgan fingerprint density at radius 1 is 1.16 bits per heavy atom. The molecule has 3 rings (SSSR count). The third kappa shape index (κ3) is 6.06. The number of amides is 1. The molecule has 168 valence electrons. The molecule has 0 aromatic heterocycles. The molecule has 0 bridgehead atoms. The van der Waals surface area contributed by atoms with Crippen molar-refractivity contribution in [2.45, 2.75) is 30.6 Å². The molecule has 8 heteroatoms. The molecule has 1 amide bonds. The molecule has 2 aromatic carbocycles. The average molecular weight is 447 g/mol. The van der Waals surface area contributed by atoms with Gasteiger partial charge in [0.25, 0.3) is 0 Å². The lowest BCUT2D eigenvalue weighted by molar-refractivity contribution is -0.121. The predicted octanol–water partition coefficient (Wildman–Crippen LogP) is 2.57. The number of carbonyl (C=O) groups is 1. The highest BCUT2D eigenvalue weighted by Gasteiger charge is 2.27. The predicted molar refractivity (Wildman–Crippen MR) is 119 cm³/mol. The van der Waals surface area contributed by atoms with Crippen molar-refractivity contribution >= 4 is 15.9 Å². The summed E-state index contributed by atoms with van der Waals surface area (Å²) in [4.78, 5) is 12.6. The van der Waals surface area contributed by atoms with Gasteiger partial charge in [-0.3, -0.25) is 4.79 Å². The van der Waals surface area contributed by atoms with Crippen molar-refractivity contribution < 1.29 is 22.7 Å². The number of benzene rings is 2. The van der Waals surface area contributed by atoms with Gasteiger partial charge in [0.1, 0.15) is 5.75 Å². The Morgan fingerprint density at radius 2 is 1.87 bits per heavy atom. The van der Waals surface area contributed by atoms with Crippen molar-refractivity contribution in [3.8, 4) is 5.75 Å². The fourth-order valence-corrected chi connectivity index (χ4v) is 5.01. The zero-order valence-corrected chi connectivity index (χ0v) is 18.9. The molecule has 0 spiro atoms. The molecular formula is C23H30N2O5S. The molecule has 1 fully saturated rings. The van der Waals surface area contributed by atoms with Crippen LogP contribution in [0.15, 0.2) is 53.4 Å². The number of rotatable bonds is 9. The van der Waals surface area contributed by atoms with Crippen molar-refractivity contribution in [1.29, 1.82) is 0 Å². The van der Waals surface area contributed by atoms with Gasteiger partial charge in [-0.05, 0) is 41.7 Å². The minimum atomic E-state index is -3.60. The van der Waals surface area contributed by atoms with E-state index >= 15 is 0 Å². The lowest BCUT2D eigenvalue weighted by Crippen LogP contribution is -2.40. The summed E-state index contributed by atoms with van der Waals surface area (Å²) in [5.74, 6) is 0.708. The largest absolute Gasteiger partial charge is 0.496 e. The summed E-state index contributed by atoms with van der Waals surface area (Å²) in [6.07, 6.45) is 0.639. The van der Waals surface area contributed by atoms with E-state index in [4.69, 9.17) is 9.47 Å². The van der Waals surface area contributed by atoms with Gasteiger partial charge >= 0.3 is 0 Å². The van der Waals surface area contributed by atoms with Gasteiger partial charge in [0.2, 0.25) is 15.9 Å².